The van der Waals surface area contributed by atoms with Crippen molar-refractivity contribution in [2.24, 2.45) is 4.99 Å². The minimum Gasteiger partial charge on any atom is -0.287 e. The number of nitrogens with zero attached hydrogens (tertiary/aromatic N) is 1. The monoisotopic (exact) mass is 259 g/mol. The van der Waals surface area contributed by atoms with Crippen molar-refractivity contribution in [2.75, 3.05) is 7.05 Å². The van der Waals surface area contributed by atoms with Crippen LogP contribution < -0.4 is 5.30 Å². The molecule has 0 aromatic heterocycles. The first-order valence-corrected chi connectivity index (χ1v) is 6.29. The van der Waals surface area contributed by atoms with E-state index in [-0.39, 0.29) is 5.82 Å². The van der Waals surface area contributed by atoms with Gasteiger partial charge in [-0.15, -0.1) is 9.24 Å². The van der Waals surface area contributed by atoms with E-state index in [1.165, 1.54) is 6.07 Å². The SMILES string of the molecule is CN=C(c1ccccc1C)c1ccc(P)cc1F. The average molecular weight is 259 g/mol. The van der Waals surface area contributed by atoms with Crippen LogP contribution in [0.3, 0.4) is 0 Å². The standard InChI is InChI=1S/C15H15FNP/c1-10-5-3-4-6-12(10)15(17-2)13-8-7-11(18)9-14(13)16/h3-9H,18H2,1-2H3. The quantitative estimate of drug-likeness (QED) is 0.580. The normalized spacial score (nSPS) is 11.7. The number of hydrogen-bond acceptors (Lipinski definition) is 1. The molecule has 0 fully saturated rings. The Morgan fingerprint density at radius 3 is 2.44 bits per heavy atom. The fourth-order valence-corrected chi connectivity index (χ4v) is 2.19. The maximum atomic E-state index is 14.0. The molecule has 2 rings (SSSR count). The lowest BCUT2D eigenvalue weighted by atomic mass is 9.98. The molecule has 0 amide bonds. The maximum Gasteiger partial charge on any atom is 0.133 e. The lowest BCUT2D eigenvalue weighted by molar-refractivity contribution is 0.626. The molecule has 0 bridgehead atoms. The molecule has 1 nitrogen and oxygen atoms in total. The fraction of sp³-hybridized carbons (Fsp3) is 0.133. The second kappa shape index (κ2) is 5.41. The van der Waals surface area contributed by atoms with Gasteiger partial charge in [0, 0.05) is 18.2 Å². The van der Waals surface area contributed by atoms with Crippen LogP contribution in [0.25, 0.3) is 0 Å². The zero-order valence-electron chi connectivity index (χ0n) is 10.4. The van der Waals surface area contributed by atoms with Gasteiger partial charge in [-0.05, 0) is 29.9 Å². The number of aryl methyl sites for hydroxylation is 1. The first-order chi connectivity index (χ1) is 8.63. The van der Waals surface area contributed by atoms with E-state index < -0.39 is 0 Å². The van der Waals surface area contributed by atoms with Crippen molar-refractivity contribution < 1.29 is 4.39 Å². The minimum absolute atomic E-state index is 0.244. The predicted molar refractivity (Wildman–Crippen MR) is 78.5 cm³/mol. The van der Waals surface area contributed by atoms with Gasteiger partial charge in [0.1, 0.15) is 5.82 Å². The summed E-state index contributed by atoms with van der Waals surface area (Å²) < 4.78 is 14.0. The molecule has 0 saturated heterocycles. The van der Waals surface area contributed by atoms with Crippen molar-refractivity contribution in [3.8, 4) is 0 Å². The predicted octanol–water partition coefficient (Wildman–Crippen LogP) is 3.10. The Balaban J connectivity index is 2.57. The summed E-state index contributed by atoms with van der Waals surface area (Å²) in [5, 5.41) is 0.830. The van der Waals surface area contributed by atoms with Crippen molar-refractivity contribution >= 4 is 20.3 Å². The van der Waals surface area contributed by atoms with E-state index in [9.17, 15) is 4.39 Å². The van der Waals surface area contributed by atoms with Gasteiger partial charge >= 0.3 is 0 Å². The summed E-state index contributed by atoms with van der Waals surface area (Å²) in [4.78, 5) is 4.25. The van der Waals surface area contributed by atoms with Gasteiger partial charge in [-0.1, -0.05) is 30.3 Å². The van der Waals surface area contributed by atoms with Gasteiger partial charge in [0.15, 0.2) is 0 Å². The maximum absolute atomic E-state index is 14.0. The number of benzene rings is 2. The van der Waals surface area contributed by atoms with Crippen molar-refractivity contribution in [2.45, 2.75) is 6.92 Å². The molecule has 1 unspecified atom stereocenters. The van der Waals surface area contributed by atoms with Gasteiger partial charge in [0.2, 0.25) is 0 Å². The summed E-state index contributed by atoms with van der Waals surface area (Å²) in [6.07, 6.45) is 0. The van der Waals surface area contributed by atoms with Crippen LogP contribution in [-0.2, 0) is 0 Å². The molecule has 0 aliphatic heterocycles. The van der Waals surface area contributed by atoms with E-state index in [0.29, 0.717) is 11.3 Å². The molecule has 0 aliphatic carbocycles. The molecule has 0 aliphatic rings. The molecule has 3 heteroatoms. The molecule has 92 valence electrons. The molecule has 1 atom stereocenters. The van der Waals surface area contributed by atoms with E-state index in [0.717, 1.165) is 16.4 Å². The van der Waals surface area contributed by atoms with Crippen LogP contribution in [0.5, 0.6) is 0 Å². The summed E-state index contributed by atoms with van der Waals surface area (Å²) in [5.74, 6) is -0.244. The second-order valence-electron chi connectivity index (χ2n) is 4.13. The van der Waals surface area contributed by atoms with Crippen LogP contribution in [0.1, 0.15) is 16.7 Å². The summed E-state index contributed by atoms with van der Waals surface area (Å²) in [5.41, 5.74) is 3.29. The van der Waals surface area contributed by atoms with Crippen LogP contribution in [0.15, 0.2) is 47.5 Å². The number of aliphatic imine (C=N–C) groups is 1. The van der Waals surface area contributed by atoms with Gasteiger partial charge < -0.3 is 0 Å². The van der Waals surface area contributed by atoms with Crippen molar-refractivity contribution in [3.63, 3.8) is 0 Å². The number of hydrogen-bond donors (Lipinski definition) is 0. The van der Waals surface area contributed by atoms with E-state index in [4.69, 9.17) is 0 Å². The minimum atomic E-state index is -0.244. The summed E-state index contributed by atoms with van der Waals surface area (Å²) in [6.45, 7) is 2.00. The first kappa shape index (κ1) is 12.9. The zero-order chi connectivity index (χ0) is 13.1. The largest absolute Gasteiger partial charge is 0.287 e. The second-order valence-corrected chi connectivity index (χ2v) is 4.79. The lowest BCUT2D eigenvalue weighted by Crippen LogP contribution is -2.09. The van der Waals surface area contributed by atoms with Crippen molar-refractivity contribution in [3.05, 3.63) is 65.0 Å². The molecule has 0 heterocycles. The van der Waals surface area contributed by atoms with E-state index in [1.807, 2.05) is 37.3 Å². The van der Waals surface area contributed by atoms with Crippen molar-refractivity contribution in [1.29, 1.82) is 0 Å². The van der Waals surface area contributed by atoms with Gasteiger partial charge in [-0.2, -0.15) is 0 Å². The van der Waals surface area contributed by atoms with Crippen LogP contribution in [0.4, 0.5) is 4.39 Å². The molecule has 2 aromatic carbocycles. The van der Waals surface area contributed by atoms with Gasteiger partial charge in [0.05, 0.1) is 5.71 Å². The van der Waals surface area contributed by atoms with E-state index >= 15 is 0 Å². The van der Waals surface area contributed by atoms with Gasteiger partial charge in [-0.25, -0.2) is 4.39 Å². The Morgan fingerprint density at radius 2 is 1.83 bits per heavy atom. The first-order valence-electron chi connectivity index (χ1n) is 5.71. The van der Waals surface area contributed by atoms with Gasteiger partial charge in [-0.3, -0.25) is 4.99 Å². The van der Waals surface area contributed by atoms with Crippen LogP contribution in [-0.4, -0.2) is 12.8 Å². The molecular weight excluding hydrogens is 244 g/mol. The Morgan fingerprint density at radius 1 is 1.11 bits per heavy atom. The molecule has 0 spiro atoms. The summed E-state index contributed by atoms with van der Waals surface area (Å²) in [6, 6.07) is 13.0. The summed E-state index contributed by atoms with van der Waals surface area (Å²) >= 11 is 0. The van der Waals surface area contributed by atoms with E-state index in [2.05, 4.69) is 14.2 Å². The fourth-order valence-electron chi connectivity index (χ4n) is 1.95. The third kappa shape index (κ3) is 2.49. The third-order valence-corrected chi connectivity index (χ3v) is 3.23. The molecule has 18 heavy (non-hydrogen) atoms. The highest BCUT2D eigenvalue weighted by atomic mass is 31.0. The van der Waals surface area contributed by atoms with Crippen LogP contribution >= 0.6 is 9.24 Å². The third-order valence-electron chi connectivity index (χ3n) is 2.87. The lowest BCUT2D eigenvalue weighted by Gasteiger charge is -2.10. The topological polar surface area (TPSA) is 12.4 Å². The van der Waals surface area contributed by atoms with Crippen LogP contribution in [0.2, 0.25) is 0 Å². The molecule has 0 saturated carbocycles. The van der Waals surface area contributed by atoms with Gasteiger partial charge in [0.25, 0.3) is 0 Å². The highest BCUT2D eigenvalue weighted by molar-refractivity contribution is 7.27. The average Bonchev–Trinajstić information content (AvgIpc) is 2.34. The Labute approximate surface area is 109 Å². The summed E-state index contributed by atoms with van der Waals surface area (Å²) in [7, 11) is 4.18. The Hall–Kier alpha value is -1.53. The molecular formula is C15H15FNP. The highest BCUT2D eigenvalue weighted by Gasteiger charge is 2.12. The smallest absolute Gasteiger partial charge is 0.133 e. The van der Waals surface area contributed by atoms with Crippen LogP contribution in [0, 0.1) is 12.7 Å². The Kier molecular flexibility index (Phi) is 3.88. The van der Waals surface area contributed by atoms with Crippen molar-refractivity contribution in [1.82, 2.24) is 0 Å². The number of rotatable bonds is 2. The zero-order valence-corrected chi connectivity index (χ0v) is 11.6. The molecule has 0 N–H and O–H groups in total. The number of halogens is 1. The highest BCUT2D eigenvalue weighted by Crippen LogP contribution is 2.17. The Bertz CT molecular complexity index is 605. The van der Waals surface area contributed by atoms with E-state index in [1.54, 1.807) is 13.1 Å². The molecule has 2 aromatic rings. The molecule has 0 radical (unpaired) electrons.